The van der Waals surface area contributed by atoms with E-state index in [0.29, 0.717) is 5.92 Å². The maximum absolute atomic E-state index is 12.3. The van der Waals surface area contributed by atoms with Crippen molar-refractivity contribution >= 4 is 5.91 Å². The minimum absolute atomic E-state index is 0.191. The molecule has 0 spiro atoms. The van der Waals surface area contributed by atoms with Crippen LogP contribution in [-0.4, -0.2) is 35.6 Å². The number of ether oxygens (including phenoxy) is 1. The zero-order valence-corrected chi connectivity index (χ0v) is 11.4. The lowest BCUT2D eigenvalue weighted by Gasteiger charge is -2.24. The molecule has 0 aromatic rings. The van der Waals surface area contributed by atoms with Crippen LogP contribution < -0.4 is 0 Å². The predicted molar refractivity (Wildman–Crippen MR) is 67.8 cm³/mol. The van der Waals surface area contributed by atoms with E-state index in [0.717, 1.165) is 13.1 Å². The molecule has 3 nitrogen and oxygen atoms in total. The molecule has 2 unspecified atom stereocenters. The van der Waals surface area contributed by atoms with Crippen LogP contribution in [0.1, 0.15) is 52.9 Å². The minimum atomic E-state index is -0.506. The topological polar surface area (TPSA) is 32.8 Å². The van der Waals surface area contributed by atoms with Gasteiger partial charge in [-0.05, 0) is 39.5 Å². The molecule has 2 aliphatic rings. The zero-order chi connectivity index (χ0) is 12.5. The summed E-state index contributed by atoms with van der Waals surface area (Å²) in [6.45, 7) is 7.61. The molecule has 1 amide bonds. The first kappa shape index (κ1) is 12.9. The summed E-state index contributed by atoms with van der Waals surface area (Å²) in [5.41, 5.74) is -0.506. The molecule has 1 aliphatic heterocycles. The van der Waals surface area contributed by atoms with Gasteiger partial charge in [-0.15, -0.1) is 0 Å². The molecule has 1 saturated heterocycles. The summed E-state index contributed by atoms with van der Waals surface area (Å²) in [6, 6.07) is 0. The normalized spacial score (nSPS) is 33.5. The van der Waals surface area contributed by atoms with Gasteiger partial charge in [0, 0.05) is 13.1 Å². The Bertz CT molecular complexity index is 282. The van der Waals surface area contributed by atoms with Crippen molar-refractivity contribution in [1.29, 1.82) is 0 Å². The van der Waals surface area contributed by atoms with Crippen LogP contribution in [0.3, 0.4) is 0 Å². The standard InChI is InChI=1S/C14H25NO2/c1-4-15(5-2)13(16)14(3)12(17-14)11-9-7-6-8-10-11/h11-12H,4-10H2,1-3H3. The van der Waals surface area contributed by atoms with Crippen molar-refractivity contribution in [3.8, 4) is 0 Å². The molecule has 2 rings (SSSR count). The maximum atomic E-state index is 12.3. The van der Waals surface area contributed by atoms with Crippen molar-refractivity contribution in [1.82, 2.24) is 4.90 Å². The number of likely N-dealkylation sites (N-methyl/N-ethyl adjacent to an activating group) is 1. The van der Waals surface area contributed by atoms with Crippen molar-refractivity contribution in [2.75, 3.05) is 13.1 Å². The Morgan fingerprint density at radius 2 is 1.82 bits per heavy atom. The van der Waals surface area contributed by atoms with Gasteiger partial charge in [0.1, 0.15) is 0 Å². The molecule has 17 heavy (non-hydrogen) atoms. The van der Waals surface area contributed by atoms with Gasteiger partial charge in [0.25, 0.3) is 5.91 Å². The molecule has 2 fully saturated rings. The number of nitrogens with zero attached hydrogens (tertiary/aromatic N) is 1. The third-order valence-corrected chi connectivity index (χ3v) is 4.41. The van der Waals surface area contributed by atoms with Gasteiger partial charge in [0.15, 0.2) is 5.60 Å². The van der Waals surface area contributed by atoms with E-state index in [2.05, 4.69) is 0 Å². The van der Waals surface area contributed by atoms with E-state index in [-0.39, 0.29) is 12.0 Å². The van der Waals surface area contributed by atoms with Crippen LogP contribution in [-0.2, 0) is 9.53 Å². The molecular weight excluding hydrogens is 214 g/mol. The second kappa shape index (κ2) is 4.97. The molecule has 1 aliphatic carbocycles. The summed E-state index contributed by atoms with van der Waals surface area (Å²) in [6.07, 6.45) is 6.64. The Kier molecular flexibility index (Phi) is 3.76. The van der Waals surface area contributed by atoms with Crippen molar-refractivity contribution in [3.63, 3.8) is 0 Å². The van der Waals surface area contributed by atoms with Gasteiger partial charge in [-0.1, -0.05) is 19.3 Å². The highest BCUT2D eigenvalue weighted by Crippen LogP contribution is 2.47. The predicted octanol–water partition coefficient (Wildman–Crippen LogP) is 2.59. The van der Waals surface area contributed by atoms with Crippen molar-refractivity contribution in [2.45, 2.75) is 64.6 Å². The van der Waals surface area contributed by atoms with Crippen molar-refractivity contribution in [3.05, 3.63) is 0 Å². The number of hydrogen-bond donors (Lipinski definition) is 0. The van der Waals surface area contributed by atoms with Crippen LogP contribution in [0, 0.1) is 5.92 Å². The van der Waals surface area contributed by atoms with E-state index in [9.17, 15) is 4.79 Å². The van der Waals surface area contributed by atoms with Gasteiger partial charge in [-0.25, -0.2) is 0 Å². The molecule has 2 atom stereocenters. The fourth-order valence-electron chi connectivity index (χ4n) is 3.21. The molecular formula is C14H25NO2. The summed E-state index contributed by atoms with van der Waals surface area (Å²) in [5.74, 6) is 0.811. The first-order chi connectivity index (χ1) is 8.13. The van der Waals surface area contributed by atoms with Gasteiger partial charge in [-0.2, -0.15) is 0 Å². The number of rotatable bonds is 4. The second-order valence-corrected chi connectivity index (χ2v) is 5.52. The Balaban J connectivity index is 1.95. The van der Waals surface area contributed by atoms with E-state index < -0.39 is 5.60 Å². The molecule has 98 valence electrons. The third-order valence-electron chi connectivity index (χ3n) is 4.41. The van der Waals surface area contributed by atoms with Gasteiger partial charge in [-0.3, -0.25) is 4.79 Å². The lowest BCUT2D eigenvalue weighted by Crippen LogP contribution is -2.42. The average molecular weight is 239 g/mol. The summed E-state index contributed by atoms with van der Waals surface area (Å²) in [7, 11) is 0. The van der Waals surface area contributed by atoms with Crippen LogP contribution in [0.2, 0.25) is 0 Å². The van der Waals surface area contributed by atoms with E-state index in [1.807, 2.05) is 25.7 Å². The first-order valence-electron chi connectivity index (χ1n) is 7.10. The maximum Gasteiger partial charge on any atom is 0.257 e. The average Bonchev–Trinajstić information content (AvgIpc) is 3.06. The highest BCUT2D eigenvalue weighted by Gasteiger charge is 2.62. The fraction of sp³-hybridized carbons (Fsp3) is 0.929. The molecule has 0 aromatic heterocycles. The van der Waals surface area contributed by atoms with Gasteiger partial charge < -0.3 is 9.64 Å². The monoisotopic (exact) mass is 239 g/mol. The van der Waals surface area contributed by atoms with Crippen LogP contribution >= 0.6 is 0 Å². The quantitative estimate of drug-likeness (QED) is 0.706. The summed E-state index contributed by atoms with van der Waals surface area (Å²) in [4.78, 5) is 14.2. The summed E-state index contributed by atoms with van der Waals surface area (Å²) < 4.78 is 5.80. The molecule has 3 heteroatoms. The summed E-state index contributed by atoms with van der Waals surface area (Å²) >= 11 is 0. The van der Waals surface area contributed by atoms with E-state index in [4.69, 9.17) is 4.74 Å². The smallest absolute Gasteiger partial charge is 0.257 e. The lowest BCUT2D eigenvalue weighted by atomic mass is 9.83. The highest BCUT2D eigenvalue weighted by atomic mass is 16.6. The van der Waals surface area contributed by atoms with Crippen LogP contribution in [0.5, 0.6) is 0 Å². The first-order valence-corrected chi connectivity index (χ1v) is 7.10. The van der Waals surface area contributed by atoms with Crippen LogP contribution in [0.15, 0.2) is 0 Å². The van der Waals surface area contributed by atoms with Crippen LogP contribution in [0.25, 0.3) is 0 Å². The van der Waals surface area contributed by atoms with E-state index in [1.54, 1.807) is 0 Å². The largest absolute Gasteiger partial charge is 0.356 e. The number of carbonyl (C=O) groups excluding carboxylic acids is 1. The Morgan fingerprint density at radius 1 is 1.24 bits per heavy atom. The highest BCUT2D eigenvalue weighted by molar-refractivity contribution is 5.88. The Morgan fingerprint density at radius 3 is 2.35 bits per heavy atom. The van der Waals surface area contributed by atoms with Gasteiger partial charge in [0.2, 0.25) is 0 Å². The molecule has 0 bridgehead atoms. The van der Waals surface area contributed by atoms with Gasteiger partial charge in [0.05, 0.1) is 6.10 Å². The molecule has 0 aromatic carbocycles. The SMILES string of the molecule is CCN(CC)C(=O)C1(C)OC1C1CCCCC1. The number of carbonyl (C=O) groups is 1. The fourth-order valence-corrected chi connectivity index (χ4v) is 3.21. The lowest BCUT2D eigenvalue weighted by molar-refractivity contribution is -0.135. The van der Waals surface area contributed by atoms with Crippen LogP contribution in [0.4, 0.5) is 0 Å². The third kappa shape index (κ3) is 2.35. The molecule has 1 saturated carbocycles. The Labute approximate surface area is 105 Å². The number of amides is 1. The molecule has 0 radical (unpaired) electrons. The Hall–Kier alpha value is -0.570. The molecule has 1 heterocycles. The molecule has 0 N–H and O–H groups in total. The van der Waals surface area contributed by atoms with Gasteiger partial charge >= 0.3 is 0 Å². The second-order valence-electron chi connectivity index (χ2n) is 5.52. The summed E-state index contributed by atoms with van der Waals surface area (Å²) in [5, 5.41) is 0. The van der Waals surface area contributed by atoms with Crippen molar-refractivity contribution in [2.24, 2.45) is 5.92 Å². The number of epoxide rings is 1. The van der Waals surface area contributed by atoms with E-state index >= 15 is 0 Å². The zero-order valence-electron chi connectivity index (χ0n) is 11.4. The number of hydrogen-bond acceptors (Lipinski definition) is 2. The minimum Gasteiger partial charge on any atom is -0.356 e. The van der Waals surface area contributed by atoms with Crippen molar-refractivity contribution < 1.29 is 9.53 Å². The van der Waals surface area contributed by atoms with E-state index in [1.165, 1.54) is 32.1 Å².